The number of aromatic nitrogens is 2. The normalized spacial score (nSPS) is 11.0. The number of imidazole rings is 1. The summed E-state index contributed by atoms with van der Waals surface area (Å²) in [6, 6.07) is 5.20. The number of rotatable bonds is 6. The van der Waals surface area contributed by atoms with Crippen LogP contribution in [0.4, 0.5) is 5.69 Å². The number of nitrogens with one attached hydrogen (secondary N) is 1. The molecule has 0 aliphatic heterocycles. The van der Waals surface area contributed by atoms with Crippen molar-refractivity contribution in [3.63, 3.8) is 0 Å². The largest absolute Gasteiger partial charge is 0.329 e. The van der Waals surface area contributed by atoms with Crippen LogP contribution in [0.2, 0.25) is 0 Å². The highest BCUT2D eigenvalue weighted by atomic mass is 79.9. The Morgan fingerprint density at radius 1 is 1.48 bits per heavy atom. The van der Waals surface area contributed by atoms with Crippen molar-refractivity contribution in [1.29, 1.82) is 0 Å². The molecular formula is C14H17BrN4O2. The smallest absolute Gasteiger partial charge is 0.270 e. The van der Waals surface area contributed by atoms with Gasteiger partial charge >= 0.3 is 0 Å². The first-order valence-corrected chi connectivity index (χ1v) is 7.43. The van der Waals surface area contributed by atoms with Crippen molar-refractivity contribution in [3.05, 3.63) is 56.6 Å². The Kier molecular flexibility index (Phi) is 5.08. The first kappa shape index (κ1) is 15.7. The lowest BCUT2D eigenvalue weighted by Crippen LogP contribution is -2.24. The first-order chi connectivity index (χ1) is 9.97. The molecule has 0 atom stereocenters. The van der Waals surface area contributed by atoms with E-state index in [2.05, 4.69) is 40.1 Å². The standard InChI is InChI=1S/C14H17BrN4O2/c1-10(2)17-8-14-16-5-6-18(14)9-11-3-4-12(19(20)21)7-13(11)15/h3-7,10,17H,8-9H2,1-2H3. The average molecular weight is 353 g/mol. The van der Waals surface area contributed by atoms with Gasteiger partial charge in [-0.25, -0.2) is 4.98 Å². The van der Waals surface area contributed by atoms with E-state index in [1.54, 1.807) is 12.3 Å². The van der Waals surface area contributed by atoms with E-state index in [9.17, 15) is 10.1 Å². The number of hydrogen-bond acceptors (Lipinski definition) is 4. The van der Waals surface area contributed by atoms with E-state index in [-0.39, 0.29) is 5.69 Å². The van der Waals surface area contributed by atoms with Crippen molar-refractivity contribution in [2.45, 2.75) is 33.0 Å². The molecule has 0 saturated heterocycles. The Labute approximate surface area is 131 Å². The molecule has 0 saturated carbocycles. The summed E-state index contributed by atoms with van der Waals surface area (Å²) in [6.45, 7) is 5.48. The van der Waals surface area contributed by atoms with Gasteiger partial charge in [-0.2, -0.15) is 0 Å². The number of nitro benzene ring substituents is 1. The summed E-state index contributed by atoms with van der Waals surface area (Å²) in [5.74, 6) is 0.939. The van der Waals surface area contributed by atoms with Crippen molar-refractivity contribution in [1.82, 2.24) is 14.9 Å². The number of nitro groups is 1. The molecule has 0 aliphatic carbocycles. The Morgan fingerprint density at radius 3 is 2.86 bits per heavy atom. The molecule has 1 N–H and O–H groups in total. The Bertz CT molecular complexity index is 640. The van der Waals surface area contributed by atoms with Crippen LogP contribution in [-0.4, -0.2) is 20.5 Å². The summed E-state index contributed by atoms with van der Waals surface area (Å²) in [7, 11) is 0. The molecule has 0 fully saturated rings. The average Bonchev–Trinajstić information content (AvgIpc) is 2.85. The van der Waals surface area contributed by atoms with E-state index in [1.807, 2.05) is 10.8 Å². The molecule has 1 aromatic carbocycles. The van der Waals surface area contributed by atoms with Crippen LogP contribution in [-0.2, 0) is 13.1 Å². The molecule has 2 rings (SSSR count). The van der Waals surface area contributed by atoms with Crippen LogP contribution in [0.5, 0.6) is 0 Å². The molecule has 0 bridgehead atoms. The summed E-state index contributed by atoms with van der Waals surface area (Å²) in [5.41, 5.74) is 1.06. The number of halogens is 1. The van der Waals surface area contributed by atoms with E-state index >= 15 is 0 Å². The molecule has 0 amide bonds. The second-order valence-electron chi connectivity index (χ2n) is 5.04. The second kappa shape index (κ2) is 6.82. The minimum absolute atomic E-state index is 0.0814. The summed E-state index contributed by atoms with van der Waals surface area (Å²) >= 11 is 3.39. The topological polar surface area (TPSA) is 73.0 Å². The van der Waals surface area contributed by atoms with Gasteiger partial charge in [-0.05, 0) is 11.6 Å². The molecule has 0 radical (unpaired) electrons. The van der Waals surface area contributed by atoms with Crippen LogP contribution in [0.15, 0.2) is 35.1 Å². The Balaban J connectivity index is 2.15. The maximum Gasteiger partial charge on any atom is 0.270 e. The van der Waals surface area contributed by atoms with E-state index < -0.39 is 4.92 Å². The molecule has 0 unspecified atom stereocenters. The van der Waals surface area contributed by atoms with E-state index in [0.717, 1.165) is 15.9 Å². The summed E-state index contributed by atoms with van der Waals surface area (Å²) in [6.07, 6.45) is 3.67. The highest BCUT2D eigenvalue weighted by Gasteiger charge is 2.11. The van der Waals surface area contributed by atoms with Gasteiger partial charge in [0, 0.05) is 41.6 Å². The predicted octanol–water partition coefficient (Wildman–Crippen LogP) is 3.10. The maximum absolute atomic E-state index is 10.7. The maximum atomic E-state index is 10.7. The summed E-state index contributed by atoms with van der Waals surface area (Å²) in [5, 5.41) is 14.1. The van der Waals surface area contributed by atoms with Gasteiger partial charge in [-0.1, -0.05) is 29.8 Å². The third kappa shape index (κ3) is 4.12. The fourth-order valence-electron chi connectivity index (χ4n) is 1.91. The molecule has 1 heterocycles. The zero-order valence-corrected chi connectivity index (χ0v) is 13.5. The second-order valence-corrected chi connectivity index (χ2v) is 5.89. The Morgan fingerprint density at radius 2 is 2.24 bits per heavy atom. The minimum Gasteiger partial charge on any atom is -0.329 e. The molecule has 112 valence electrons. The number of benzene rings is 1. The van der Waals surface area contributed by atoms with Gasteiger partial charge in [0.05, 0.1) is 11.5 Å². The summed E-state index contributed by atoms with van der Waals surface area (Å²) < 4.78 is 2.76. The number of hydrogen-bond donors (Lipinski definition) is 1. The Hall–Kier alpha value is -1.73. The zero-order valence-electron chi connectivity index (χ0n) is 11.9. The number of nitrogens with zero attached hydrogens (tertiary/aromatic N) is 3. The molecule has 0 spiro atoms. The van der Waals surface area contributed by atoms with E-state index in [4.69, 9.17) is 0 Å². The fourth-order valence-corrected chi connectivity index (χ4v) is 2.40. The van der Waals surface area contributed by atoms with Crippen LogP contribution in [0, 0.1) is 10.1 Å². The van der Waals surface area contributed by atoms with Crippen molar-refractivity contribution in [3.8, 4) is 0 Å². The molecule has 0 aliphatic rings. The lowest BCUT2D eigenvalue weighted by Gasteiger charge is -2.11. The zero-order chi connectivity index (χ0) is 15.4. The van der Waals surface area contributed by atoms with Gasteiger partial charge in [0.2, 0.25) is 0 Å². The predicted molar refractivity (Wildman–Crippen MR) is 84.1 cm³/mol. The van der Waals surface area contributed by atoms with Crippen LogP contribution >= 0.6 is 15.9 Å². The van der Waals surface area contributed by atoms with Gasteiger partial charge in [0.15, 0.2) is 0 Å². The van der Waals surface area contributed by atoms with Crippen molar-refractivity contribution < 1.29 is 4.92 Å². The molecular weight excluding hydrogens is 336 g/mol. The van der Waals surface area contributed by atoms with Gasteiger partial charge in [0.1, 0.15) is 5.82 Å². The van der Waals surface area contributed by atoms with Crippen molar-refractivity contribution in [2.75, 3.05) is 0 Å². The van der Waals surface area contributed by atoms with Crippen LogP contribution in [0.3, 0.4) is 0 Å². The highest BCUT2D eigenvalue weighted by Crippen LogP contribution is 2.24. The van der Waals surface area contributed by atoms with Gasteiger partial charge in [-0.3, -0.25) is 10.1 Å². The lowest BCUT2D eigenvalue weighted by molar-refractivity contribution is -0.384. The molecule has 2 aromatic rings. The quantitative estimate of drug-likeness (QED) is 0.640. The van der Waals surface area contributed by atoms with Gasteiger partial charge in [-0.15, -0.1) is 0 Å². The van der Waals surface area contributed by atoms with Crippen molar-refractivity contribution in [2.24, 2.45) is 0 Å². The molecule has 21 heavy (non-hydrogen) atoms. The SMILES string of the molecule is CC(C)NCc1nccn1Cc1ccc([N+](=O)[O-])cc1Br. The van der Waals surface area contributed by atoms with E-state index in [1.165, 1.54) is 12.1 Å². The van der Waals surface area contributed by atoms with Gasteiger partial charge < -0.3 is 9.88 Å². The highest BCUT2D eigenvalue weighted by molar-refractivity contribution is 9.10. The van der Waals surface area contributed by atoms with Crippen LogP contribution in [0.1, 0.15) is 25.2 Å². The third-order valence-electron chi connectivity index (χ3n) is 3.06. The van der Waals surface area contributed by atoms with Crippen molar-refractivity contribution >= 4 is 21.6 Å². The van der Waals surface area contributed by atoms with E-state index in [0.29, 0.717) is 19.1 Å². The monoisotopic (exact) mass is 352 g/mol. The van der Waals surface area contributed by atoms with Crippen LogP contribution in [0.25, 0.3) is 0 Å². The summed E-state index contributed by atoms with van der Waals surface area (Å²) in [4.78, 5) is 14.7. The molecule has 1 aromatic heterocycles. The van der Waals surface area contributed by atoms with Crippen LogP contribution < -0.4 is 5.32 Å². The lowest BCUT2D eigenvalue weighted by atomic mass is 10.2. The van der Waals surface area contributed by atoms with Gasteiger partial charge in [0.25, 0.3) is 5.69 Å². The third-order valence-corrected chi connectivity index (χ3v) is 3.80. The first-order valence-electron chi connectivity index (χ1n) is 6.63. The minimum atomic E-state index is -0.399. The number of non-ortho nitro benzene ring substituents is 1. The molecule has 7 heteroatoms. The fraction of sp³-hybridized carbons (Fsp3) is 0.357. The molecule has 6 nitrogen and oxygen atoms in total.